The summed E-state index contributed by atoms with van der Waals surface area (Å²) in [6.07, 6.45) is 1.85. The molecule has 0 fully saturated rings. The van der Waals surface area contributed by atoms with Gasteiger partial charge in [-0.25, -0.2) is 4.79 Å². The Morgan fingerprint density at radius 2 is 2.00 bits per heavy atom. The highest BCUT2D eigenvalue weighted by Gasteiger charge is 2.01. The van der Waals surface area contributed by atoms with Gasteiger partial charge in [0.05, 0.1) is 6.61 Å². The second-order valence-electron chi connectivity index (χ2n) is 3.44. The fourth-order valence-corrected chi connectivity index (χ4v) is 1.42. The van der Waals surface area contributed by atoms with Gasteiger partial charge in [-0.2, -0.15) is 0 Å². The second-order valence-corrected chi connectivity index (χ2v) is 3.44. The number of nitrogens with one attached hydrogen (secondary N) is 1. The molecule has 0 heterocycles. The van der Waals surface area contributed by atoms with Gasteiger partial charge in [0.2, 0.25) is 0 Å². The Balaban J connectivity index is 3.39. The zero-order valence-corrected chi connectivity index (χ0v) is 10.2. The third-order valence-corrected chi connectivity index (χ3v) is 2.18. The Hall–Kier alpha value is -0.770. The van der Waals surface area contributed by atoms with Gasteiger partial charge in [0.15, 0.2) is 0 Å². The van der Waals surface area contributed by atoms with Crippen molar-refractivity contribution in [2.24, 2.45) is 0 Å². The zero-order chi connectivity index (χ0) is 11.5. The Bertz CT molecular complexity index is 163. The lowest BCUT2D eigenvalue weighted by Gasteiger charge is -2.19. The largest absolute Gasteiger partial charge is 0.450 e. The molecule has 0 saturated carbocycles. The van der Waals surface area contributed by atoms with Crippen LogP contribution in [0.2, 0.25) is 0 Å². The minimum atomic E-state index is -0.309. The Morgan fingerprint density at radius 3 is 2.53 bits per heavy atom. The molecule has 0 aliphatic rings. The number of ether oxygens (including phenoxy) is 1. The molecule has 0 bridgehead atoms. The molecule has 0 saturated heterocycles. The summed E-state index contributed by atoms with van der Waals surface area (Å²) in [6, 6.07) is 0. The van der Waals surface area contributed by atoms with Crippen molar-refractivity contribution in [3.63, 3.8) is 0 Å². The maximum atomic E-state index is 10.9. The van der Waals surface area contributed by atoms with Crippen molar-refractivity contribution in [3.05, 3.63) is 0 Å². The van der Waals surface area contributed by atoms with Crippen LogP contribution in [0.3, 0.4) is 0 Å². The van der Waals surface area contributed by atoms with Gasteiger partial charge in [0, 0.05) is 6.54 Å². The number of hydrogen-bond acceptors (Lipinski definition) is 3. The van der Waals surface area contributed by atoms with Crippen molar-refractivity contribution < 1.29 is 9.53 Å². The molecule has 90 valence electrons. The lowest BCUT2D eigenvalue weighted by Crippen LogP contribution is -2.30. The van der Waals surface area contributed by atoms with Crippen molar-refractivity contribution in [3.8, 4) is 0 Å². The third kappa shape index (κ3) is 8.24. The summed E-state index contributed by atoms with van der Waals surface area (Å²) in [5.74, 6) is 0. The van der Waals surface area contributed by atoms with Gasteiger partial charge < -0.3 is 15.0 Å². The minimum Gasteiger partial charge on any atom is -0.450 e. The average molecular weight is 216 g/mol. The van der Waals surface area contributed by atoms with Gasteiger partial charge in [-0.1, -0.05) is 13.8 Å². The van der Waals surface area contributed by atoms with Crippen LogP contribution in [0.5, 0.6) is 0 Å². The molecule has 1 amide bonds. The normalized spacial score (nSPS) is 10.4. The van der Waals surface area contributed by atoms with Crippen molar-refractivity contribution in [2.75, 3.05) is 32.8 Å². The summed E-state index contributed by atoms with van der Waals surface area (Å²) >= 11 is 0. The maximum Gasteiger partial charge on any atom is 0.407 e. The molecule has 1 N–H and O–H groups in total. The van der Waals surface area contributed by atoms with Crippen molar-refractivity contribution in [2.45, 2.75) is 33.6 Å². The van der Waals surface area contributed by atoms with Gasteiger partial charge in [0.1, 0.15) is 0 Å². The van der Waals surface area contributed by atoms with Crippen LogP contribution in [0.1, 0.15) is 33.6 Å². The molecule has 0 aliphatic carbocycles. The third-order valence-electron chi connectivity index (χ3n) is 2.18. The number of hydrogen-bond donors (Lipinski definition) is 1. The standard InChI is InChI=1S/C11H24N2O2/c1-4-9-13(5-2)10-7-8-12-11(14)15-6-3/h4-10H2,1-3H3,(H,12,14). The molecule has 0 unspecified atom stereocenters. The van der Waals surface area contributed by atoms with Crippen LogP contribution in [0, 0.1) is 0 Å². The summed E-state index contributed by atoms with van der Waals surface area (Å²) in [6.45, 7) is 10.5. The van der Waals surface area contributed by atoms with Gasteiger partial charge >= 0.3 is 6.09 Å². The van der Waals surface area contributed by atoms with E-state index in [-0.39, 0.29) is 6.09 Å². The van der Waals surface area contributed by atoms with Crippen molar-refractivity contribution in [1.29, 1.82) is 0 Å². The molecule has 4 nitrogen and oxygen atoms in total. The van der Waals surface area contributed by atoms with E-state index in [1.807, 2.05) is 0 Å². The van der Waals surface area contributed by atoms with E-state index >= 15 is 0 Å². The number of carbonyl (C=O) groups is 1. The average Bonchev–Trinajstić information content (AvgIpc) is 2.23. The van der Waals surface area contributed by atoms with E-state index in [4.69, 9.17) is 4.74 Å². The van der Waals surface area contributed by atoms with Gasteiger partial charge in [-0.05, 0) is 39.4 Å². The van der Waals surface area contributed by atoms with E-state index in [0.29, 0.717) is 13.2 Å². The van der Waals surface area contributed by atoms with Crippen LogP contribution < -0.4 is 5.32 Å². The predicted molar refractivity (Wildman–Crippen MR) is 62.0 cm³/mol. The molecule has 0 rings (SSSR count). The molecular weight excluding hydrogens is 192 g/mol. The number of alkyl carbamates (subject to hydrolysis) is 1. The summed E-state index contributed by atoms with van der Waals surface area (Å²) < 4.78 is 4.76. The molecule has 15 heavy (non-hydrogen) atoms. The van der Waals surface area contributed by atoms with Crippen LogP contribution in [-0.2, 0) is 4.74 Å². The summed E-state index contributed by atoms with van der Waals surface area (Å²) in [5, 5.41) is 2.72. The predicted octanol–water partition coefficient (Wildman–Crippen LogP) is 1.85. The molecular formula is C11H24N2O2. The molecule has 0 aromatic heterocycles. The molecule has 0 radical (unpaired) electrons. The SMILES string of the molecule is CCCN(CC)CCCNC(=O)OCC. The van der Waals surface area contributed by atoms with E-state index in [2.05, 4.69) is 24.1 Å². The van der Waals surface area contributed by atoms with Crippen molar-refractivity contribution in [1.82, 2.24) is 10.2 Å². The molecule has 0 aliphatic heterocycles. The highest BCUT2D eigenvalue weighted by atomic mass is 16.5. The lowest BCUT2D eigenvalue weighted by molar-refractivity contribution is 0.151. The minimum absolute atomic E-state index is 0.309. The summed E-state index contributed by atoms with van der Waals surface area (Å²) in [5.41, 5.74) is 0. The summed E-state index contributed by atoms with van der Waals surface area (Å²) in [7, 11) is 0. The first-order valence-corrected chi connectivity index (χ1v) is 5.87. The maximum absolute atomic E-state index is 10.9. The summed E-state index contributed by atoms with van der Waals surface area (Å²) in [4.78, 5) is 13.3. The fourth-order valence-electron chi connectivity index (χ4n) is 1.42. The van der Waals surface area contributed by atoms with Crippen LogP contribution in [0.25, 0.3) is 0 Å². The zero-order valence-electron chi connectivity index (χ0n) is 10.2. The molecule has 0 atom stereocenters. The molecule has 0 aromatic rings. The van der Waals surface area contributed by atoms with E-state index < -0.39 is 0 Å². The van der Waals surface area contributed by atoms with E-state index in [1.165, 1.54) is 6.42 Å². The van der Waals surface area contributed by atoms with Crippen LogP contribution in [-0.4, -0.2) is 43.8 Å². The van der Waals surface area contributed by atoms with Gasteiger partial charge in [0.25, 0.3) is 0 Å². The quantitative estimate of drug-likeness (QED) is 0.630. The number of carbonyl (C=O) groups excluding carboxylic acids is 1. The topological polar surface area (TPSA) is 41.6 Å². The molecule has 4 heteroatoms. The van der Waals surface area contributed by atoms with Crippen molar-refractivity contribution >= 4 is 6.09 Å². The highest BCUT2D eigenvalue weighted by molar-refractivity contribution is 5.66. The Morgan fingerprint density at radius 1 is 1.27 bits per heavy atom. The number of nitrogens with zero attached hydrogens (tertiary/aromatic N) is 1. The van der Waals surface area contributed by atoms with Gasteiger partial charge in [-0.15, -0.1) is 0 Å². The second kappa shape index (κ2) is 9.77. The Kier molecular flexibility index (Phi) is 9.27. The lowest BCUT2D eigenvalue weighted by atomic mass is 10.3. The smallest absolute Gasteiger partial charge is 0.407 e. The Labute approximate surface area is 93.0 Å². The first kappa shape index (κ1) is 14.2. The van der Waals surface area contributed by atoms with Crippen LogP contribution in [0.4, 0.5) is 4.79 Å². The first-order valence-electron chi connectivity index (χ1n) is 5.87. The van der Waals surface area contributed by atoms with Crippen LogP contribution >= 0.6 is 0 Å². The number of rotatable bonds is 8. The molecule has 0 spiro atoms. The highest BCUT2D eigenvalue weighted by Crippen LogP contribution is 1.92. The van der Waals surface area contributed by atoms with Gasteiger partial charge in [-0.3, -0.25) is 0 Å². The van der Waals surface area contributed by atoms with Crippen LogP contribution in [0.15, 0.2) is 0 Å². The van der Waals surface area contributed by atoms with E-state index in [1.54, 1.807) is 6.92 Å². The molecule has 0 aromatic carbocycles. The van der Waals surface area contributed by atoms with E-state index in [0.717, 1.165) is 26.1 Å². The number of amides is 1. The first-order chi connectivity index (χ1) is 7.24. The fraction of sp³-hybridized carbons (Fsp3) is 0.909. The monoisotopic (exact) mass is 216 g/mol. The van der Waals surface area contributed by atoms with E-state index in [9.17, 15) is 4.79 Å².